The molecule has 186 valence electrons. The first-order chi connectivity index (χ1) is 16.3. The van der Waals surface area contributed by atoms with Crippen molar-refractivity contribution in [3.63, 3.8) is 0 Å². The van der Waals surface area contributed by atoms with E-state index < -0.39 is 5.97 Å². The number of benzene rings is 1. The Morgan fingerprint density at radius 2 is 1.79 bits per heavy atom. The largest absolute Gasteiger partial charge is 0.497 e. The van der Waals surface area contributed by atoms with Crippen molar-refractivity contribution in [2.45, 2.75) is 47.6 Å². The number of carbonyl (C=O) groups excluding carboxylic acids is 3. The molecular weight excluding hydrogens is 436 g/mol. The topological polar surface area (TPSA) is 87.1 Å². The molecule has 1 heterocycles. The van der Waals surface area contributed by atoms with Gasteiger partial charge in [-0.1, -0.05) is 6.07 Å². The van der Waals surface area contributed by atoms with Crippen LogP contribution in [0.1, 0.15) is 69.7 Å². The third-order valence-corrected chi connectivity index (χ3v) is 5.69. The van der Waals surface area contributed by atoms with E-state index in [1.54, 1.807) is 42.7 Å². The normalized spacial score (nSPS) is 10.8. The number of hydrogen-bond donors (Lipinski definition) is 0. The molecule has 2 rings (SSSR count). The summed E-state index contributed by atoms with van der Waals surface area (Å²) in [7, 11) is 1.54. The van der Waals surface area contributed by atoms with Gasteiger partial charge in [-0.3, -0.25) is 9.59 Å². The van der Waals surface area contributed by atoms with Crippen LogP contribution in [0.4, 0.5) is 0 Å². The number of methoxy groups -OCH3 is 1. The fourth-order valence-electron chi connectivity index (χ4n) is 4.11. The summed E-state index contributed by atoms with van der Waals surface area (Å²) in [5, 5.41) is 0. The summed E-state index contributed by atoms with van der Waals surface area (Å²) in [5.41, 5.74) is 2.54. The SMILES string of the molecule is CCOCCCN(CC(=O)c1c(C)c(C(=O)OCC)n(CC)c1C)C(=O)c1cccc(OC)c1. The summed E-state index contributed by atoms with van der Waals surface area (Å²) in [6, 6.07) is 6.87. The highest BCUT2D eigenvalue weighted by Crippen LogP contribution is 2.24. The molecule has 0 saturated heterocycles. The number of amides is 1. The Balaban J connectivity index is 2.37. The number of ketones is 1. The molecule has 0 unspecified atom stereocenters. The van der Waals surface area contributed by atoms with Crippen LogP contribution >= 0.6 is 0 Å². The Kier molecular flexibility index (Phi) is 10.3. The summed E-state index contributed by atoms with van der Waals surface area (Å²) in [6.07, 6.45) is 0.596. The van der Waals surface area contributed by atoms with Crippen LogP contribution in [0.15, 0.2) is 24.3 Å². The number of esters is 1. The first kappa shape index (κ1) is 27.1. The van der Waals surface area contributed by atoms with Crippen molar-refractivity contribution in [1.29, 1.82) is 0 Å². The summed E-state index contributed by atoms with van der Waals surface area (Å²) in [6.45, 7) is 11.2. The fourth-order valence-corrected chi connectivity index (χ4v) is 4.11. The van der Waals surface area contributed by atoms with E-state index in [-0.39, 0.29) is 24.8 Å². The van der Waals surface area contributed by atoms with Crippen molar-refractivity contribution in [2.75, 3.05) is 40.0 Å². The van der Waals surface area contributed by atoms with Crippen molar-refractivity contribution in [2.24, 2.45) is 0 Å². The van der Waals surface area contributed by atoms with Crippen LogP contribution in [0.5, 0.6) is 5.75 Å². The molecule has 0 N–H and O–H groups in total. The number of ether oxygens (including phenoxy) is 3. The highest BCUT2D eigenvalue weighted by atomic mass is 16.5. The Bertz CT molecular complexity index is 1010. The molecule has 8 heteroatoms. The van der Waals surface area contributed by atoms with Crippen LogP contribution in [0.3, 0.4) is 0 Å². The maximum atomic E-state index is 13.5. The second-order valence-corrected chi connectivity index (χ2v) is 7.83. The summed E-state index contributed by atoms with van der Waals surface area (Å²) >= 11 is 0. The van der Waals surface area contributed by atoms with Crippen LogP contribution in [0.25, 0.3) is 0 Å². The van der Waals surface area contributed by atoms with E-state index in [1.807, 2.05) is 20.8 Å². The molecule has 0 aliphatic heterocycles. The average molecular weight is 473 g/mol. The van der Waals surface area contributed by atoms with Crippen LogP contribution < -0.4 is 4.74 Å². The molecular formula is C26H36N2O6. The Hall–Kier alpha value is -3.13. The van der Waals surface area contributed by atoms with Gasteiger partial charge in [0.1, 0.15) is 11.4 Å². The summed E-state index contributed by atoms with van der Waals surface area (Å²) in [4.78, 5) is 40.9. The molecule has 34 heavy (non-hydrogen) atoms. The number of rotatable bonds is 13. The second kappa shape index (κ2) is 12.9. The van der Waals surface area contributed by atoms with E-state index in [9.17, 15) is 14.4 Å². The molecule has 0 spiro atoms. The monoisotopic (exact) mass is 472 g/mol. The van der Waals surface area contributed by atoms with Crippen molar-refractivity contribution < 1.29 is 28.6 Å². The Labute approximate surface area is 201 Å². The predicted molar refractivity (Wildman–Crippen MR) is 130 cm³/mol. The second-order valence-electron chi connectivity index (χ2n) is 7.83. The van der Waals surface area contributed by atoms with Crippen LogP contribution in [-0.2, 0) is 16.0 Å². The molecule has 1 amide bonds. The molecule has 0 atom stereocenters. The molecule has 1 aromatic heterocycles. The lowest BCUT2D eigenvalue weighted by Crippen LogP contribution is -2.37. The van der Waals surface area contributed by atoms with E-state index in [0.29, 0.717) is 66.6 Å². The quantitative estimate of drug-likeness (QED) is 0.248. The van der Waals surface area contributed by atoms with E-state index in [4.69, 9.17) is 14.2 Å². The van der Waals surface area contributed by atoms with Crippen LogP contribution in [-0.4, -0.2) is 67.1 Å². The van der Waals surface area contributed by atoms with Gasteiger partial charge in [0.15, 0.2) is 5.78 Å². The van der Waals surface area contributed by atoms with Crippen LogP contribution in [0.2, 0.25) is 0 Å². The number of carbonyl (C=O) groups is 3. The van der Waals surface area contributed by atoms with Gasteiger partial charge in [-0.2, -0.15) is 0 Å². The zero-order chi connectivity index (χ0) is 25.3. The lowest BCUT2D eigenvalue weighted by atomic mass is 10.0. The van der Waals surface area contributed by atoms with Gasteiger partial charge in [-0.05, 0) is 64.8 Å². The molecule has 0 aliphatic rings. The third-order valence-electron chi connectivity index (χ3n) is 5.69. The molecule has 8 nitrogen and oxygen atoms in total. The standard InChI is InChI=1S/C26H36N2O6/c1-7-28-19(5)23(18(4)24(28)26(31)34-9-3)22(29)17-27(14-11-15-33-8-2)25(30)20-12-10-13-21(16-20)32-6/h10,12-13,16H,7-9,11,14-15,17H2,1-6H3. The van der Waals surface area contributed by atoms with Crippen LogP contribution in [0, 0.1) is 13.8 Å². The number of hydrogen-bond acceptors (Lipinski definition) is 6. The zero-order valence-electron chi connectivity index (χ0n) is 21.1. The minimum Gasteiger partial charge on any atom is -0.497 e. The minimum atomic E-state index is -0.454. The van der Waals surface area contributed by atoms with E-state index in [0.717, 1.165) is 0 Å². The molecule has 2 aromatic rings. The van der Waals surface area contributed by atoms with Gasteiger partial charge in [0.25, 0.3) is 5.91 Å². The van der Waals surface area contributed by atoms with E-state index >= 15 is 0 Å². The zero-order valence-corrected chi connectivity index (χ0v) is 21.1. The summed E-state index contributed by atoms with van der Waals surface area (Å²) < 4.78 is 17.7. The first-order valence-electron chi connectivity index (χ1n) is 11.7. The summed E-state index contributed by atoms with van der Waals surface area (Å²) in [5.74, 6) is -0.373. The fraction of sp³-hybridized carbons (Fsp3) is 0.500. The Morgan fingerprint density at radius 3 is 2.41 bits per heavy atom. The van der Waals surface area contributed by atoms with Crippen molar-refractivity contribution in [3.05, 3.63) is 52.3 Å². The molecule has 0 aliphatic carbocycles. The van der Waals surface area contributed by atoms with Gasteiger partial charge in [0.2, 0.25) is 0 Å². The smallest absolute Gasteiger partial charge is 0.355 e. The van der Waals surface area contributed by atoms with Gasteiger partial charge in [-0.25, -0.2) is 4.79 Å². The minimum absolute atomic E-state index is 0.111. The van der Waals surface area contributed by atoms with E-state index in [1.165, 1.54) is 12.0 Å². The lowest BCUT2D eigenvalue weighted by Gasteiger charge is -2.22. The van der Waals surface area contributed by atoms with Gasteiger partial charge in [0.05, 0.1) is 20.3 Å². The molecule has 0 bridgehead atoms. The van der Waals surface area contributed by atoms with Gasteiger partial charge >= 0.3 is 5.97 Å². The molecule has 1 aromatic carbocycles. The van der Waals surface area contributed by atoms with Gasteiger partial charge < -0.3 is 23.7 Å². The maximum Gasteiger partial charge on any atom is 0.355 e. The van der Waals surface area contributed by atoms with E-state index in [2.05, 4.69) is 0 Å². The van der Waals surface area contributed by atoms with Crippen molar-refractivity contribution in [1.82, 2.24) is 9.47 Å². The number of aromatic nitrogens is 1. The number of nitrogens with zero attached hydrogens (tertiary/aromatic N) is 2. The van der Waals surface area contributed by atoms with Crippen molar-refractivity contribution in [3.8, 4) is 5.75 Å². The highest BCUT2D eigenvalue weighted by molar-refractivity contribution is 6.06. The molecule has 0 radical (unpaired) electrons. The molecule has 0 saturated carbocycles. The number of Topliss-reactive ketones (excluding diaryl/α,β-unsaturated/α-hetero) is 1. The maximum absolute atomic E-state index is 13.5. The third kappa shape index (κ3) is 6.26. The molecule has 0 fully saturated rings. The van der Waals surface area contributed by atoms with Crippen molar-refractivity contribution >= 4 is 17.7 Å². The lowest BCUT2D eigenvalue weighted by molar-refractivity contribution is 0.0512. The first-order valence-corrected chi connectivity index (χ1v) is 11.7. The average Bonchev–Trinajstić information content (AvgIpc) is 3.09. The predicted octanol–water partition coefficient (Wildman–Crippen LogP) is 4.06. The Morgan fingerprint density at radius 1 is 1.06 bits per heavy atom. The van der Waals surface area contributed by atoms with Gasteiger partial charge in [-0.15, -0.1) is 0 Å². The highest BCUT2D eigenvalue weighted by Gasteiger charge is 2.28. The van der Waals surface area contributed by atoms with Gasteiger partial charge in [0, 0.05) is 43.1 Å².